The largest absolute Gasteiger partial charge is 0.459 e. The highest BCUT2D eigenvalue weighted by Crippen LogP contribution is 2.76. The van der Waals surface area contributed by atoms with Crippen LogP contribution < -0.4 is 0 Å². The van der Waals surface area contributed by atoms with Gasteiger partial charge in [0, 0.05) is 35.2 Å². The molecule has 24 heavy (non-hydrogen) atoms. The number of fused-ring (bicyclic) bond motifs is 3. The summed E-state index contributed by atoms with van der Waals surface area (Å²) in [6.07, 6.45) is 7.71. The van der Waals surface area contributed by atoms with Crippen LogP contribution in [0.2, 0.25) is 0 Å². The summed E-state index contributed by atoms with van der Waals surface area (Å²) < 4.78 is 6.06. The summed E-state index contributed by atoms with van der Waals surface area (Å²) in [5, 5.41) is 0.493. The van der Waals surface area contributed by atoms with Gasteiger partial charge in [0.25, 0.3) is 0 Å². The SMILES string of the molecule is C[C@]12[C@H]3CC(=O)C[C@]1(CC[C@H]1[C@@H]2CC[C@@]2(C)OC(=O)CC[C@@H]12)SS3. The molecule has 3 nitrogen and oxygen atoms in total. The Morgan fingerprint density at radius 2 is 1.92 bits per heavy atom. The second-order valence-electron chi connectivity index (χ2n) is 9.14. The van der Waals surface area contributed by atoms with Gasteiger partial charge in [0.05, 0.1) is 0 Å². The van der Waals surface area contributed by atoms with Crippen molar-refractivity contribution in [3.05, 3.63) is 0 Å². The van der Waals surface area contributed by atoms with E-state index in [0.29, 0.717) is 35.2 Å². The van der Waals surface area contributed by atoms with Gasteiger partial charge in [-0.2, -0.15) is 0 Å². The molecule has 0 amide bonds. The van der Waals surface area contributed by atoms with Crippen molar-refractivity contribution < 1.29 is 14.3 Å². The Hall–Kier alpha value is -0.160. The Labute approximate surface area is 151 Å². The van der Waals surface area contributed by atoms with Gasteiger partial charge in [-0.15, -0.1) is 0 Å². The molecule has 0 spiro atoms. The van der Waals surface area contributed by atoms with E-state index >= 15 is 0 Å². The fraction of sp³-hybridized carbons (Fsp3) is 0.895. The van der Waals surface area contributed by atoms with Gasteiger partial charge in [-0.3, -0.25) is 9.59 Å². The molecular weight excluding hydrogens is 340 g/mol. The number of ether oxygens (including phenoxy) is 1. The molecule has 5 rings (SSSR count). The molecule has 5 heteroatoms. The molecule has 5 fully saturated rings. The van der Waals surface area contributed by atoms with E-state index in [2.05, 4.69) is 13.8 Å². The van der Waals surface area contributed by atoms with Crippen molar-refractivity contribution in [2.75, 3.05) is 0 Å². The topological polar surface area (TPSA) is 43.4 Å². The van der Waals surface area contributed by atoms with Crippen molar-refractivity contribution in [2.45, 2.75) is 80.8 Å². The number of rotatable bonds is 0. The zero-order chi connectivity index (χ0) is 16.7. The standard InChI is InChI=1S/C19H26O3S2/c1-17-7-6-14-12(13(17)3-4-16(21)22-17)5-8-19-10-11(20)9-15(23-24-19)18(14,19)2/h12-15H,3-10H2,1-2H3/t12-,13+,14+,15-,17-,18+,19+/m1/s1. The molecule has 3 saturated carbocycles. The van der Waals surface area contributed by atoms with Crippen molar-refractivity contribution in [3.8, 4) is 0 Å². The highest BCUT2D eigenvalue weighted by Gasteiger charge is 2.70. The van der Waals surface area contributed by atoms with Crippen LogP contribution in [-0.4, -0.2) is 27.4 Å². The van der Waals surface area contributed by atoms with Crippen LogP contribution in [0.5, 0.6) is 0 Å². The third-order valence-corrected chi connectivity index (χ3v) is 12.3. The predicted molar refractivity (Wildman–Crippen MR) is 96.7 cm³/mol. The maximum atomic E-state index is 12.3. The first-order valence-corrected chi connectivity index (χ1v) is 11.7. The molecule has 0 aromatic rings. The summed E-state index contributed by atoms with van der Waals surface area (Å²) in [5.41, 5.74) is 0.0448. The minimum absolute atomic E-state index is 0.000125. The molecule has 2 bridgehead atoms. The minimum atomic E-state index is -0.235. The Morgan fingerprint density at radius 1 is 1.08 bits per heavy atom. The lowest BCUT2D eigenvalue weighted by molar-refractivity contribution is -0.199. The third-order valence-electron chi connectivity index (χ3n) is 8.30. The summed E-state index contributed by atoms with van der Waals surface area (Å²) in [4.78, 5) is 24.2. The van der Waals surface area contributed by atoms with Gasteiger partial charge in [0.15, 0.2) is 0 Å². The number of ketones is 1. The number of carbonyl (C=O) groups is 2. The third kappa shape index (κ3) is 1.84. The summed E-state index contributed by atoms with van der Waals surface area (Å²) in [6, 6.07) is 0. The second-order valence-corrected chi connectivity index (χ2v) is 11.9. The molecule has 0 N–H and O–H groups in total. The zero-order valence-corrected chi connectivity index (χ0v) is 16.1. The Balaban J connectivity index is 1.52. The average molecular weight is 367 g/mol. The minimum Gasteiger partial charge on any atom is -0.459 e. The van der Waals surface area contributed by atoms with Crippen molar-refractivity contribution in [3.63, 3.8) is 0 Å². The summed E-state index contributed by atoms with van der Waals surface area (Å²) in [6.45, 7) is 4.69. The maximum Gasteiger partial charge on any atom is 0.306 e. The van der Waals surface area contributed by atoms with Gasteiger partial charge in [-0.1, -0.05) is 28.5 Å². The average Bonchev–Trinajstić information content (AvgIpc) is 2.68. The van der Waals surface area contributed by atoms with Crippen molar-refractivity contribution in [2.24, 2.45) is 23.2 Å². The highest BCUT2D eigenvalue weighted by molar-refractivity contribution is 8.78. The van der Waals surface area contributed by atoms with E-state index < -0.39 is 0 Å². The van der Waals surface area contributed by atoms with Gasteiger partial charge in [-0.05, 0) is 56.3 Å². The van der Waals surface area contributed by atoms with Gasteiger partial charge < -0.3 is 4.74 Å². The van der Waals surface area contributed by atoms with E-state index in [-0.39, 0.29) is 21.7 Å². The van der Waals surface area contributed by atoms with Crippen LogP contribution in [0.25, 0.3) is 0 Å². The van der Waals surface area contributed by atoms with Crippen molar-refractivity contribution >= 4 is 33.3 Å². The van der Waals surface area contributed by atoms with E-state index in [1.165, 1.54) is 12.8 Å². The quantitative estimate of drug-likeness (QED) is 0.470. The van der Waals surface area contributed by atoms with E-state index in [1.807, 2.05) is 21.6 Å². The summed E-state index contributed by atoms with van der Waals surface area (Å²) in [7, 11) is 4.05. The molecule has 3 aliphatic carbocycles. The molecule has 0 aromatic carbocycles. The predicted octanol–water partition coefficient (Wildman–Crippen LogP) is 4.39. The van der Waals surface area contributed by atoms with E-state index in [1.54, 1.807) is 0 Å². The fourth-order valence-corrected chi connectivity index (χ4v) is 11.8. The molecule has 2 aliphatic heterocycles. The molecular formula is C19H26O3S2. The molecule has 0 unspecified atom stereocenters. The number of carbonyl (C=O) groups excluding carboxylic acids is 2. The monoisotopic (exact) mass is 366 g/mol. The molecule has 7 atom stereocenters. The van der Waals surface area contributed by atoms with Crippen molar-refractivity contribution in [1.82, 2.24) is 0 Å². The summed E-state index contributed by atoms with van der Waals surface area (Å²) >= 11 is 0. The van der Waals surface area contributed by atoms with Crippen LogP contribution in [0.4, 0.5) is 0 Å². The lowest BCUT2D eigenvalue weighted by Gasteiger charge is -2.63. The number of esters is 1. The molecule has 0 radical (unpaired) electrons. The van der Waals surface area contributed by atoms with E-state index in [4.69, 9.17) is 4.74 Å². The number of hydrogen-bond donors (Lipinski definition) is 0. The fourth-order valence-electron chi connectivity index (χ4n) is 7.02. The van der Waals surface area contributed by atoms with Crippen LogP contribution in [0.1, 0.15) is 65.2 Å². The number of Topliss-reactive ketones (excluding diaryl/α,β-unsaturated/α-hetero) is 1. The van der Waals surface area contributed by atoms with Crippen LogP contribution in [0.15, 0.2) is 0 Å². The highest BCUT2D eigenvalue weighted by atomic mass is 33.1. The van der Waals surface area contributed by atoms with Crippen LogP contribution in [-0.2, 0) is 14.3 Å². The van der Waals surface area contributed by atoms with Crippen molar-refractivity contribution in [1.29, 1.82) is 0 Å². The van der Waals surface area contributed by atoms with Gasteiger partial charge >= 0.3 is 5.97 Å². The number of hydrogen-bond acceptors (Lipinski definition) is 5. The second kappa shape index (κ2) is 4.97. The molecule has 0 aromatic heterocycles. The molecule has 2 heterocycles. The van der Waals surface area contributed by atoms with E-state index in [0.717, 1.165) is 32.1 Å². The Bertz CT molecular complexity index is 622. The maximum absolute atomic E-state index is 12.3. The normalized spacial score (nSPS) is 56.1. The van der Waals surface area contributed by atoms with Crippen LogP contribution in [0.3, 0.4) is 0 Å². The molecule has 132 valence electrons. The molecule has 5 aliphatic rings. The molecule has 2 saturated heterocycles. The van der Waals surface area contributed by atoms with Gasteiger partial charge in [0.1, 0.15) is 11.4 Å². The Morgan fingerprint density at radius 3 is 2.75 bits per heavy atom. The van der Waals surface area contributed by atoms with Crippen LogP contribution in [0, 0.1) is 23.2 Å². The first-order valence-electron chi connectivity index (χ1n) is 9.46. The summed E-state index contributed by atoms with van der Waals surface area (Å²) in [5.74, 6) is 2.38. The van der Waals surface area contributed by atoms with E-state index in [9.17, 15) is 9.59 Å². The lowest BCUT2D eigenvalue weighted by atomic mass is 9.45. The van der Waals surface area contributed by atoms with Gasteiger partial charge in [0.2, 0.25) is 0 Å². The Kier molecular flexibility index (Phi) is 3.32. The zero-order valence-electron chi connectivity index (χ0n) is 14.5. The lowest BCUT2D eigenvalue weighted by Crippen LogP contribution is -2.64. The smallest absolute Gasteiger partial charge is 0.306 e. The van der Waals surface area contributed by atoms with Crippen LogP contribution >= 0.6 is 21.6 Å². The van der Waals surface area contributed by atoms with Gasteiger partial charge in [-0.25, -0.2) is 0 Å². The first kappa shape index (κ1) is 16.0. The first-order chi connectivity index (χ1) is 11.4.